The molecule has 6 nitrogen and oxygen atoms in total. The summed E-state index contributed by atoms with van der Waals surface area (Å²) in [6.07, 6.45) is -0.230. The van der Waals surface area contributed by atoms with Crippen molar-refractivity contribution in [1.29, 1.82) is 0 Å². The predicted octanol–water partition coefficient (Wildman–Crippen LogP) is 0.763. The molecule has 1 amide bonds. The second kappa shape index (κ2) is 6.11. The zero-order valence-corrected chi connectivity index (χ0v) is 12.0. The third-order valence-corrected chi connectivity index (χ3v) is 3.59. The van der Waals surface area contributed by atoms with Crippen molar-refractivity contribution in [3.63, 3.8) is 0 Å². The number of carbonyl (C=O) groups excluding carboxylic acids is 1. The lowest BCUT2D eigenvalue weighted by Gasteiger charge is -2.18. The first kappa shape index (κ1) is 14.6. The molecular formula is C14H20N2O4. The average Bonchev–Trinajstić information content (AvgIpc) is 2.89. The highest BCUT2D eigenvalue weighted by molar-refractivity contribution is 5.98. The number of hydrogen-bond donors (Lipinski definition) is 1. The van der Waals surface area contributed by atoms with Gasteiger partial charge in [-0.3, -0.25) is 4.79 Å². The number of nitrogens with zero attached hydrogens (tertiary/aromatic N) is 1. The number of anilines is 1. The van der Waals surface area contributed by atoms with E-state index < -0.39 is 0 Å². The van der Waals surface area contributed by atoms with E-state index in [4.69, 9.17) is 19.9 Å². The Morgan fingerprint density at radius 2 is 1.80 bits per heavy atom. The number of benzene rings is 1. The molecule has 0 bridgehead atoms. The van der Waals surface area contributed by atoms with Crippen LogP contribution >= 0.6 is 0 Å². The molecule has 0 aromatic heterocycles. The minimum atomic E-state index is -0.129. The fraction of sp³-hybridized carbons (Fsp3) is 0.500. The first-order valence-electron chi connectivity index (χ1n) is 6.39. The number of carbonyl (C=O) groups is 1. The molecule has 2 unspecified atom stereocenters. The van der Waals surface area contributed by atoms with Crippen LogP contribution < -0.4 is 10.5 Å². The van der Waals surface area contributed by atoms with Crippen LogP contribution in [0.4, 0.5) is 5.69 Å². The summed E-state index contributed by atoms with van der Waals surface area (Å²) in [4.78, 5) is 14.3. The van der Waals surface area contributed by atoms with E-state index >= 15 is 0 Å². The van der Waals surface area contributed by atoms with Crippen molar-refractivity contribution in [2.45, 2.75) is 12.2 Å². The third-order valence-electron chi connectivity index (χ3n) is 3.59. The molecule has 20 heavy (non-hydrogen) atoms. The van der Waals surface area contributed by atoms with Gasteiger partial charge >= 0.3 is 0 Å². The van der Waals surface area contributed by atoms with Gasteiger partial charge in [0.25, 0.3) is 5.91 Å². The van der Waals surface area contributed by atoms with Crippen LogP contribution in [0.25, 0.3) is 0 Å². The fourth-order valence-corrected chi connectivity index (χ4v) is 2.48. The van der Waals surface area contributed by atoms with Crippen LogP contribution in [-0.2, 0) is 9.47 Å². The largest absolute Gasteiger partial charge is 0.494 e. The highest BCUT2D eigenvalue weighted by atomic mass is 16.5. The lowest BCUT2D eigenvalue weighted by atomic mass is 10.1. The van der Waals surface area contributed by atoms with Gasteiger partial charge in [-0.2, -0.15) is 0 Å². The van der Waals surface area contributed by atoms with Gasteiger partial charge in [-0.1, -0.05) is 6.07 Å². The Balaban J connectivity index is 2.23. The number of ether oxygens (including phenoxy) is 3. The molecule has 2 N–H and O–H groups in total. The normalized spacial score (nSPS) is 22.1. The van der Waals surface area contributed by atoms with E-state index in [2.05, 4.69) is 0 Å². The second-order valence-corrected chi connectivity index (χ2v) is 4.69. The van der Waals surface area contributed by atoms with Crippen LogP contribution in [0.15, 0.2) is 18.2 Å². The summed E-state index contributed by atoms with van der Waals surface area (Å²) in [6, 6.07) is 5.15. The number of nitrogens with two attached hydrogens (primary N) is 1. The quantitative estimate of drug-likeness (QED) is 0.824. The van der Waals surface area contributed by atoms with E-state index in [9.17, 15) is 4.79 Å². The topological polar surface area (TPSA) is 74.0 Å². The molecule has 1 aromatic carbocycles. The van der Waals surface area contributed by atoms with Gasteiger partial charge in [-0.15, -0.1) is 0 Å². The van der Waals surface area contributed by atoms with E-state index in [1.54, 1.807) is 37.3 Å². The number of likely N-dealkylation sites (tertiary alicyclic amines) is 1. The van der Waals surface area contributed by atoms with E-state index in [1.165, 1.54) is 7.11 Å². The molecule has 6 heteroatoms. The molecular weight excluding hydrogens is 260 g/mol. The van der Waals surface area contributed by atoms with E-state index in [1.807, 2.05) is 0 Å². The monoisotopic (exact) mass is 280 g/mol. The fourth-order valence-electron chi connectivity index (χ4n) is 2.48. The third kappa shape index (κ3) is 2.57. The standard InChI is InChI=1S/C14H20N2O4/c1-18-11-7-16(8-12(11)19-2)14(17)9-5-4-6-10(15)13(9)20-3/h4-6,11-12H,7-8,15H2,1-3H3. The van der Waals surface area contributed by atoms with Crippen LogP contribution in [0, 0.1) is 0 Å². The Kier molecular flexibility index (Phi) is 4.46. The summed E-state index contributed by atoms with van der Waals surface area (Å²) in [5.41, 5.74) is 6.74. The lowest BCUT2D eigenvalue weighted by molar-refractivity contribution is -0.00461. The Morgan fingerprint density at radius 1 is 1.20 bits per heavy atom. The molecule has 2 atom stereocenters. The van der Waals surface area contributed by atoms with Gasteiger partial charge in [0.15, 0.2) is 5.75 Å². The van der Waals surface area contributed by atoms with Gasteiger partial charge in [-0.05, 0) is 12.1 Å². The van der Waals surface area contributed by atoms with Crippen LogP contribution in [0.2, 0.25) is 0 Å². The summed E-state index contributed by atoms with van der Waals surface area (Å²) in [5.74, 6) is 0.281. The van der Waals surface area contributed by atoms with Crippen molar-refractivity contribution in [3.8, 4) is 5.75 Å². The molecule has 0 aliphatic carbocycles. The van der Waals surface area contributed by atoms with Crippen molar-refractivity contribution in [2.75, 3.05) is 40.2 Å². The Morgan fingerprint density at radius 3 is 2.30 bits per heavy atom. The van der Waals surface area contributed by atoms with Gasteiger partial charge in [0.1, 0.15) is 12.2 Å². The highest BCUT2D eigenvalue weighted by Gasteiger charge is 2.36. The van der Waals surface area contributed by atoms with Crippen molar-refractivity contribution < 1.29 is 19.0 Å². The maximum Gasteiger partial charge on any atom is 0.257 e. The molecule has 0 radical (unpaired) electrons. The van der Waals surface area contributed by atoms with Gasteiger partial charge < -0.3 is 24.8 Å². The van der Waals surface area contributed by atoms with Crippen LogP contribution in [0.1, 0.15) is 10.4 Å². The molecule has 1 aliphatic heterocycles. The molecule has 1 aromatic rings. The van der Waals surface area contributed by atoms with Crippen LogP contribution in [0.5, 0.6) is 5.75 Å². The minimum absolute atomic E-state index is 0.115. The van der Waals surface area contributed by atoms with Gasteiger partial charge in [0.05, 0.1) is 18.4 Å². The molecule has 1 fully saturated rings. The van der Waals surface area contributed by atoms with Crippen molar-refractivity contribution >= 4 is 11.6 Å². The molecule has 2 rings (SSSR count). The molecule has 0 saturated carbocycles. The Hall–Kier alpha value is -1.79. The van der Waals surface area contributed by atoms with Crippen molar-refractivity contribution in [3.05, 3.63) is 23.8 Å². The average molecular weight is 280 g/mol. The first-order chi connectivity index (χ1) is 9.62. The molecule has 1 heterocycles. The SMILES string of the molecule is COc1c(N)cccc1C(=O)N1CC(OC)C(OC)C1. The lowest BCUT2D eigenvalue weighted by Crippen LogP contribution is -2.30. The van der Waals surface area contributed by atoms with Crippen LogP contribution in [-0.4, -0.2) is 57.4 Å². The molecule has 110 valence electrons. The van der Waals surface area contributed by atoms with Gasteiger partial charge in [-0.25, -0.2) is 0 Å². The second-order valence-electron chi connectivity index (χ2n) is 4.69. The summed E-state index contributed by atoms with van der Waals surface area (Å²) < 4.78 is 15.9. The highest BCUT2D eigenvalue weighted by Crippen LogP contribution is 2.28. The predicted molar refractivity (Wildman–Crippen MR) is 74.9 cm³/mol. The minimum Gasteiger partial charge on any atom is -0.494 e. The summed E-state index contributed by atoms with van der Waals surface area (Å²) in [6.45, 7) is 0.984. The smallest absolute Gasteiger partial charge is 0.257 e. The summed E-state index contributed by atoms with van der Waals surface area (Å²) in [5, 5.41) is 0. The Labute approximate surface area is 118 Å². The number of nitrogen functional groups attached to an aromatic ring is 1. The van der Waals surface area contributed by atoms with Crippen molar-refractivity contribution in [2.24, 2.45) is 0 Å². The number of para-hydroxylation sites is 1. The number of methoxy groups -OCH3 is 3. The zero-order chi connectivity index (χ0) is 14.7. The zero-order valence-electron chi connectivity index (χ0n) is 12.0. The molecule has 0 spiro atoms. The number of hydrogen-bond acceptors (Lipinski definition) is 5. The van der Waals surface area contributed by atoms with E-state index in [-0.39, 0.29) is 18.1 Å². The summed E-state index contributed by atoms with van der Waals surface area (Å²) in [7, 11) is 4.74. The van der Waals surface area contributed by atoms with Crippen molar-refractivity contribution in [1.82, 2.24) is 4.90 Å². The van der Waals surface area contributed by atoms with Crippen LogP contribution in [0.3, 0.4) is 0 Å². The molecule has 1 aliphatic rings. The molecule has 1 saturated heterocycles. The van der Waals surface area contributed by atoms with Gasteiger partial charge in [0.2, 0.25) is 0 Å². The number of amides is 1. The maximum atomic E-state index is 12.6. The summed E-state index contributed by atoms with van der Waals surface area (Å²) >= 11 is 0. The Bertz CT molecular complexity index is 480. The van der Waals surface area contributed by atoms with Gasteiger partial charge in [0, 0.05) is 27.3 Å². The van der Waals surface area contributed by atoms with E-state index in [0.29, 0.717) is 30.1 Å². The number of rotatable bonds is 4. The van der Waals surface area contributed by atoms with E-state index in [0.717, 1.165) is 0 Å². The maximum absolute atomic E-state index is 12.6. The first-order valence-corrected chi connectivity index (χ1v) is 6.39.